The Bertz CT molecular complexity index is 1060. The molecule has 1 unspecified atom stereocenters. The summed E-state index contributed by atoms with van der Waals surface area (Å²) >= 11 is 1.43. The maximum atomic E-state index is 13.0. The molecule has 0 aliphatic carbocycles. The van der Waals surface area contributed by atoms with Crippen LogP contribution in [-0.2, 0) is 13.0 Å². The van der Waals surface area contributed by atoms with Crippen LogP contribution in [0.2, 0.25) is 0 Å². The van der Waals surface area contributed by atoms with Crippen molar-refractivity contribution >= 4 is 28.2 Å². The number of benzene rings is 2. The molecule has 29 heavy (non-hydrogen) atoms. The quantitative estimate of drug-likeness (QED) is 0.606. The van der Waals surface area contributed by atoms with Gasteiger partial charge in [-0.3, -0.25) is 9.59 Å². The summed E-state index contributed by atoms with van der Waals surface area (Å²) in [5, 5.41) is 3.41. The van der Waals surface area contributed by atoms with E-state index in [2.05, 4.69) is 12.4 Å². The molecule has 1 aromatic heterocycles. The third kappa shape index (κ3) is 4.01. The van der Waals surface area contributed by atoms with E-state index in [4.69, 9.17) is 10.5 Å². The summed E-state index contributed by atoms with van der Waals surface area (Å²) < 4.78 is 5.89. The first kappa shape index (κ1) is 19.2. The number of rotatable bonds is 5. The van der Waals surface area contributed by atoms with Crippen LogP contribution in [0.4, 0.5) is 5.00 Å². The van der Waals surface area contributed by atoms with Crippen molar-refractivity contribution in [2.75, 3.05) is 18.9 Å². The highest BCUT2D eigenvalue weighted by atomic mass is 32.1. The van der Waals surface area contributed by atoms with E-state index in [9.17, 15) is 9.59 Å². The van der Waals surface area contributed by atoms with Gasteiger partial charge in [0.15, 0.2) is 0 Å². The number of nitrogens with one attached hydrogen (secondary N) is 2. The van der Waals surface area contributed by atoms with Crippen LogP contribution in [-0.4, -0.2) is 25.4 Å². The van der Waals surface area contributed by atoms with Crippen LogP contribution in [0.25, 0.3) is 0 Å². The van der Waals surface area contributed by atoms with E-state index in [1.54, 1.807) is 18.2 Å². The van der Waals surface area contributed by atoms with E-state index in [1.807, 2.05) is 36.4 Å². The Morgan fingerprint density at radius 3 is 2.59 bits per heavy atom. The fourth-order valence-electron chi connectivity index (χ4n) is 3.50. The van der Waals surface area contributed by atoms with Crippen molar-refractivity contribution < 1.29 is 19.2 Å². The van der Waals surface area contributed by atoms with Gasteiger partial charge in [-0.15, -0.1) is 11.3 Å². The number of ether oxygens (including phenoxy) is 1. The number of anilines is 1. The molecule has 0 radical (unpaired) electrons. The predicted octanol–water partition coefficient (Wildman–Crippen LogP) is 2.46. The molecule has 7 heteroatoms. The van der Waals surface area contributed by atoms with Gasteiger partial charge in [-0.2, -0.15) is 0 Å². The molecule has 1 aliphatic rings. The first-order chi connectivity index (χ1) is 14.0. The maximum absolute atomic E-state index is 13.0. The summed E-state index contributed by atoms with van der Waals surface area (Å²) in [7, 11) is 2.11. The molecule has 0 saturated carbocycles. The fraction of sp³-hybridized carbons (Fsp3) is 0.182. The number of carbonyl (C=O) groups is 2. The number of likely N-dealkylation sites (N-methyl/N-ethyl adjacent to an activating group) is 1. The second-order valence-corrected chi connectivity index (χ2v) is 8.18. The Balaban J connectivity index is 1.63. The van der Waals surface area contributed by atoms with Crippen molar-refractivity contribution in [3.8, 4) is 11.5 Å². The molecule has 0 saturated heterocycles. The van der Waals surface area contributed by atoms with Gasteiger partial charge in [-0.25, -0.2) is 0 Å². The van der Waals surface area contributed by atoms with Crippen LogP contribution >= 0.6 is 11.3 Å². The molecule has 1 atom stereocenters. The molecule has 0 fully saturated rings. The summed E-state index contributed by atoms with van der Waals surface area (Å²) in [4.78, 5) is 27.6. The minimum absolute atomic E-state index is 0.335. The standard InChI is InChI=1S/C22H21N3O3S/c1-25-12-11-16-18(13-25)29-22(19(16)20(23)26)24-21(27)15-9-5-6-10-17(15)28-14-7-3-2-4-8-14/h2-10H,11-13H2,1H3,(H2,23,26)(H,24,27)/p+1. The smallest absolute Gasteiger partial charge is 0.260 e. The van der Waals surface area contributed by atoms with Crippen molar-refractivity contribution in [1.82, 2.24) is 0 Å². The third-order valence-electron chi connectivity index (χ3n) is 4.93. The van der Waals surface area contributed by atoms with E-state index in [1.165, 1.54) is 16.2 Å². The highest BCUT2D eigenvalue weighted by Gasteiger charge is 2.28. The molecule has 4 rings (SSSR count). The molecular weight excluding hydrogens is 386 g/mol. The minimum atomic E-state index is -0.508. The molecule has 3 aromatic rings. The molecule has 148 valence electrons. The zero-order valence-corrected chi connectivity index (χ0v) is 16.8. The first-order valence-electron chi connectivity index (χ1n) is 9.42. The Morgan fingerprint density at radius 1 is 1.10 bits per heavy atom. The monoisotopic (exact) mass is 408 g/mol. The average molecular weight is 409 g/mol. The van der Waals surface area contributed by atoms with E-state index < -0.39 is 5.91 Å². The van der Waals surface area contributed by atoms with Gasteiger partial charge >= 0.3 is 0 Å². The average Bonchev–Trinajstić information content (AvgIpc) is 3.06. The van der Waals surface area contributed by atoms with Crippen LogP contribution in [0.1, 0.15) is 31.2 Å². The molecule has 0 bridgehead atoms. The number of primary amides is 1. The van der Waals surface area contributed by atoms with E-state index in [0.29, 0.717) is 27.6 Å². The van der Waals surface area contributed by atoms with Crippen LogP contribution in [0.5, 0.6) is 11.5 Å². The second-order valence-electron chi connectivity index (χ2n) is 7.07. The lowest BCUT2D eigenvalue weighted by Crippen LogP contribution is -3.08. The van der Waals surface area contributed by atoms with Gasteiger partial charge in [0.25, 0.3) is 11.8 Å². The summed E-state index contributed by atoms with van der Waals surface area (Å²) in [5.74, 6) is 0.245. The Kier molecular flexibility index (Phi) is 5.33. The second kappa shape index (κ2) is 8.06. The Hall–Kier alpha value is -3.16. The van der Waals surface area contributed by atoms with Crippen molar-refractivity contribution in [2.24, 2.45) is 5.73 Å². The van der Waals surface area contributed by atoms with E-state index >= 15 is 0 Å². The van der Waals surface area contributed by atoms with Crippen LogP contribution < -0.4 is 20.7 Å². The predicted molar refractivity (Wildman–Crippen MR) is 113 cm³/mol. The number of carbonyl (C=O) groups excluding carboxylic acids is 2. The topological polar surface area (TPSA) is 85.9 Å². The van der Waals surface area contributed by atoms with Gasteiger partial charge in [-0.05, 0) is 29.8 Å². The lowest BCUT2D eigenvalue weighted by Gasteiger charge is -2.19. The molecule has 6 nitrogen and oxygen atoms in total. The SMILES string of the molecule is C[NH+]1CCc2c(sc(NC(=O)c3ccccc3Oc3ccccc3)c2C(N)=O)C1. The normalized spacial score (nSPS) is 15.4. The summed E-state index contributed by atoms with van der Waals surface area (Å²) in [6.07, 6.45) is 0.777. The largest absolute Gasteiger partial charge is 0.457 e. The number of para-hydroxylation sites is 2. The van der Waals surface area contributed by atoms with E-state index in [0.717, 1.165) is 30.0 Å². The highest BCUT2D eigenvalue weighted by molar-refractivity contribution is 7.17. The Labute approximate surface area is 172 Å². The number of hydrogen-bond donors (Lipinski definition) is 3. The van der Waals surface area contributed by atoms with Gasteiger partial charge in [0.2, 0.25) is 0 Å². The van der Waals surface area contributed by atoms with Crippen LogP contribution in [0.3, 0.4) is 0 Å². The Morgan fingerprint density at radius 2 is 1.83 bits per heavy atom. The highest BCUT2D eigenvalue weighted by Crippen LogP contribution is 2.35. The molecular formula is C22H22N3O3S+. The van der Waals surface area contributed by atoms with Gasteiger partial charge in [0, 0.05) is 6.42 Å². The van der Waals surface area contributed by atoms with Gasteiger partial charge in [0.1, 0.15) is 23.0 Å². The number of nitrogens with two attached hydrogens (primary N) is 1. The molecule has 4 N–H and O–H groups in total. The third-order valence-corrected chi connectivity index (χ3v) is 6.08. The summed E-state index contributed by atoms with van der Waals surface area (Å²) in [5.41, 5.74) is 7.45. The number of hydrogen-bond acceptors (Lipinski definition) is 4. The van der Waals surface area contributed by atoms with Gasteiger partial charge < -0.3 is 20.7 Å². The van der Waals surface area contributed by atoms with Crippen LogP contribution in [0.15, 0.2) is 54.6 Å². The molecule has 0 spiro atoms. The zero-order valence-electron chi connectivity index (χ0n) is 16.0. The lowest BCUT2D eigenvalue weighted by molar-refractivity contribution is -0.895. The maximum Gasteiger partial charge on any atom is 0.260 e. The van der Waals surface area contributed by atoms with Crippen molar-refractivity contribution in [3.63, 3.8) is 0 Å². The summed E-state index contributed by atoms with van der Waals surface area (Å²) in [6.45, 7) is 1.76. The minimum Gasteiger partial charge on any atom is -0.457 e. The number of thiophene rings is 1. The van der Waals surface area contributed by atoms with Crippen molar-refractivity contribution in [1.29, 1.82) is 0 Å². The summed E-state index contributed by atoms with van der Waals surface area (Å²) in [6, 6.07) is 16.3. The van der Waals surface area contributed by atoms with Gasteiger partial charge in [0.05, 0.1) is 29.6 Å². The van der Waals surface area contributed by atoms with Crippen LogP contribution in [0, 0.1) is 0 Å². The first-order valence-corrected chi connectivity index (χ1v) is 10.2. The van der Waals surface area contributed by atoms with Gasteiger partial charge in [-0.1, -0.05) is 30.3 Å². The number of fused-ring (bicyclic) bond motifs is 1. The van der Waals surface area contributed by atoms with E-state index in [-0.39, 0.29) is 5.91 Å². The molecule has 2 heterocycles. The zero-order chi connectivity index (χ0) is 20.4. The molecule has 2 aromatic carbocycles. The van der Waals surface area contributed by atoms with Crippen molar-refractivity contribution in [3.05, 3.63) is 76.2 Å². The number of quaternary nitrogens is 1. The van der Waals surface area contributed by atoms with Crippen molar-refractivity contribution in [2.45, 2.75) is 13.0 Å². The lowest BCUT2D eigenvalue weighted by atomic mass is 10.0. The fourth-order valence-corrected chi connectivity index (χ4v) is 4.86. The number of amides is 2. The molecule has 2 amide bonds. The molecule has 1 aliphatic heterocycles.